The molecule has 2 unspecified atom stereocenters. The van der Waals surface area contributed by atoms with E-state index in [1.807, 2.05) is 18.2 Å². The standard InChI is InChI=1S/C15H22O3/c1-3-5-11(2)10-13(16)12-6-4-7-14-15(12)18-9-8-17-14/h4,6-7,11,13,16H,3,5,8-10H2,1-2H3. The van der Waals surface area contributed by atoms with Crippen LogP contribution in [0.2, 0.25) is 0 Å². The van der Waals surface area contributed by atoms with Gasteiger partial charge < -0.3 is 14.6 Å². The molecule has 0 radical (unpaired) electrons. The maximum absolute atomic E-state index is 10.3. The Labute approximate surface area is 109 Å². The summed E-state index contributed by atoms with van der Waals surface area (Å²) < 4.78 is 11.2. The summed E-state index contributed by atoms with van der Waals surface area (Å²) in [5.74, 6) is 1.99. The van der Waals surface area contributed by atoms with Crippen molar-refractivity contribution in [2.24, 2.45) is 5.92 Å². The van der Waals surface area contributed by atoms with E-state index in [1.165, 1.54) is 0 Å². The predicted molar refractivity (Wildman–Crippen MR) is 71.1 cm³/mol. The Bertz CT molecular complexity index is 389. The molecule has 0 saturated carbocycles. The number of hydrogen-bond donors (Lipinski definition) is 1. The first-order chi connectivity index (χ1) is 8.72. The summed E-state index contributed by atoms with van der Waals surface area (Å²) in [6.45, 7) is 5.49. The molecule has 1 N–H and O–H groups in total. The maximum atomic E-state index is 10.3. The van der Waals surface area contributed by atoms with E-state index in [2.05, 4.69) is 13.8 Å². The fourth-order valence-electron chi connectivity index (χ4n) is 2.48. The van der Waals surface area contributed by atoms with E-state index < -0.39 is 6.10 Å². The Hall–Kier alpha value is -1.22. The highest BCUT2D eigenvalue weighted by molar-refractivity contribution is 5.48. The lowest BCUT2D eigenvalue weighted by atomic mass is 9.94. The van der Waals surface area contributed by atoms with E-state index in [-0.39, 0.29) is 0 Å². The normalized spacial score (nSPS) is 17.3. The van der Waals surface area contributed by atoms with Gasteiger partial charge in [-0.3, -0.25) is 0 Å². The van der Waals surface area contributed by atoms with E-state index in [4.69, 9.17) is 9.47 Å². The van der Waals surface area contributed by atoms with E-state index in [0.717, 1.165) is 36.3 Å². The van der Waals surface area contributed by atoms with Crippen LogP contribution in [-0.2, 0) is 0 Å². The monoisotopic (exact) mass is 250 g/mol. The van der Waals surface area contributed by atoms with Crippen molar-refractivity contribution in [3.05, 3.63) is 23.8 Å². The zero-order chi connectivity index (χ0) is 13.0. The second kappa shape index (κ2) is 6.10. The zero-order valence-corrected chi connectivity index (χ0v) is 11.2. The summed E-state index contributed by atoms with van der Waals surface area (Å²) in [6.07, 6.45) is 2.60. The van der Waals surface area contributed by atoms with Crippen molar-refractivity contribution in [1.29, 1.82) is 0 Å². The Balaban J connectivity index is 2.12. The Kier molecular flexibility index (Phi) is 4.48. The summed E-state index contributed by atoms with van der Waals surface area (Å²) >= 11 is 0. The van der Waals surface area contributed by atoms with Gasteiger partial charge in [0.05, 0.1) is 6.10 Å². The molecule has 0 aliphatic carbocycles. The molecular weight excluding hydrogens is 228 g/mol. The first-order valence-corrected chi connectivity index (χ1v) is 6.79. The molecule has 2 atom stereocenters. The third-order valence-corrected chi connectivity index (χ3v) is 3.36. The highest BCUT2D eigenvalue weighted by atomic mass is 16.6. The Morgan fingerprint density at radius 3 is 2.83 bits per heavy atom. The molecule has 1 heterocycles. The number of para-hydroxylation sites is 1. The molecule has 0 bridgehead atoms. The van der Waals surface area contributed by atoms with Crippen LogP contribution in [0.25, 0.3) is 0 Å². The minimum absolute atomic E-state index is 0.469. The SMILES string of the molecule is CCCC(C)CC(O)c1cccc2c1OCCO2. The van der Waals surface area contributed by atoms with Crippen molar-refractivity contribution >= 4 is 0 Å². The first kappa shape index (κ1) is 13.2. The van der Waals surface area contributed by atoms with Gasteiger partial charge in [0.25, 0.3) is 0 Å². The Morgan fingerprint density at radius 1 is 1.28 bits per heavy atom. The quantitative estimate of drug-likeness (QED) is 0.871. The van der Waals surface area contributed by atoms with E-state index in [9.17, 15) is 5.11 Å². The van der Waals surface area contributed by atoms with Gasteiger partial charge in [-0.25, -0.2) is 0 Å². The van der Waals surface area contributed by atoms with Gasteiger partial charge in [0.1, 0.15) is 13.2 Å². The summed E-state index contributed by atoms with van der Waals surface area (Å²) in [4.78, 5) is 0. The third-order valence-electron chi connectivity index (χ3n) is 3.36. The lowest BCUT2D eigenvalue weighted by molar-refractivity contribution is 0.128. The lowest BCUT2D eigenvalue weighted by Gasteiger charge is -2.24. The fourth-order valence-corrected chi connectivity index (χ4v) is 2.48. The molecule has 0 saturated heterocycles. The topological polar surface area (TPSA) is 38.7 Å². The van der Waals surface area contributed by atoms with Crippen LogP contribution < -0.4 is 9.47 Å². The molecule has 0 aromatic heterocycles. The molecule has 3 nitrogen and oxygen atoms in total. The minimum Gasteiger partial charge on any atom is -0.486 e. The molecule has 1 aliphatic rings. The van der Waals surface area contributed by atoms with Crippen molar-refractivity contribution < 1.29 is 14.6 Å². The van der Waals surface area contributed by atoms with Crippen LogP contribution in [0.3, 0.4) is 0 Å². The summed E-state index contributed by atoms with van der Waals surface area (Å²) in [7, 11) is 0. The molecule has 0 fully saturated rings. The second-order valence-electron chi connectivity index (χ2n) is 5.02. The number of rotatable bonds is 5. The van der Waals surface area contributed by atoms with Crippen LogP contribution in [-0.4, -0.2) is 18.3 Å². The van der Waals surface area contributed by atoms with Crippen LogP contribution in [0.15, 0.2) is 18.2 Å². The van der Waals surface area contributed by atoms with E-state index in [1.54, 1.807) is 0 Å². The molecule has 3 heteroatoms. The van der Waals surface area contributed by atoms with Gasteiger partial charge in [-0.1, -0.05) is 38.8 Å². The average Bonchev–Trinajstić information content (AvgIpc) is 2.38. The fraction of sp³-hybridized carbons (Fsp3) is 0.600. The van der Waals surface area contributed by atoms with Crippen molar-refractivity contribution in [2.45, 2.75) is 39.2 Å². The third kappa shape index (κ3) is 2.96. The molecule has 1 aromatic carbocycles. The van der Waals surface area contributed by atoms with Crippen molar-refractivity contribution in [2.75, 3.05) is 13.2 Å². The van der Waals surface area contributed by atoms with Gasteiger partial charge in [0, 0.05) is 5.56 Å². The van der Waals surface area contributed by atoms with Crippen molar-refractivity contribution in [3.8, 4) is 11.5 Å². The average molecular weight is 250 g/mol. The van der Waals surface area contributed by atoms with Gasteiger partial charge >= 0.3 is 0 Å². The molecule has 18 heavy (non-hydrogen) atoms. The van der Waals surface area contributed by atoms with Crippen LogP contribution in [0.4, 0.5) is 0 Å². The molecule has 100 valence electrons. The van der Waals surface area contributed by atoms with Gasteiger partial charge in [0.15, 0.2) is 11.5 Å². The van der Waals surface area contributed by atoms with Gasteiger partial charge in [-0.2, -0.15) is 0 Å². The van der Waals surface area contributed by atoms with Gasteiger partial charge in [-0.05, 0) is 18.4 Å². The largest absolute Gasteiger partial charge is 0.486 e. The molecule has 0 spiro atoms. The maximum Gasteiger partial charge on any atom is 0.167 e. The van der Waals surface area contributed by atoms with Gasteiger partial charge in [-0.15, -0.1) is 0 Å². The van der Waals surface area contributed by atoms with E-state index in [0.29, 0.717) is 19.1 Å². The molecule has 2 rings (SSSR count). The number of aliphatic hydroxyl groups excluding tert-OH is 1. The summed E-state index contributed by atoms with van der Waals surface area (Å²) in [5, 5.41) is 10.3. The zero-order valence-electron chi connectivity index (χ0n) is 11.2. The van der Waals surface area contributed by atoms with Crippen LogP contribution in [0.5, 0.6) is 11.5 Å². The number of fused-ring (bicyclic) bond motifs is 1. The summed E-state index contributed by atoms with van der Waals surface area (Å²) in [6, 6.07) is 5.73. The molecule has 1 aromatic rings. The number of ether oxygens (including phenoxy) is 2. The number of benzene rings is 1. The van der Waals surface area contributed by atoms with Crippen LogP contribution >= 0.6 is 0 Å². The van der Waals surface area contributed by atoms with Crippen LogP contribution in [0, 0.1) is 5.92 Å². The predicted octanol–water partition coefficient (Wildman–Crippen LogP) is 3.32. The second-order valence-corrected chi connectivity index (χ2v) is 5.02. The molecular formula is C15H22O3. The van der Waals surface area contributed by atoms with Crippen molar-refractivity contribution in [3.63, 3.8) is 0 Å². The van der Waals surface area contributed by atoms with Crippen LogP contribution in [0.1, 0.15) is 44.8 Å². The number of aliphatic hydroxyl groups is 1. The molecule has 0 amide bonds. The van der Waals surface area contributed by atoms with E-state index >= 15 is 0 Å². The van der Waals surface area contributed by atoms with Crippen molar-refractivity contribution in [1.82, 2.24) is 0 Å². The minimum atomic E-state index is -0.469. The van der Waals surface area contributed by atoms with Gasteiger partial charge in [0.2, 0.25) is 0 Å². The first-order valence-electron chi connectivity index (χ1n) is 6.79. The summed E-state index contributed by atoms with van der Waals surface area (Å²) in [5.41, 5.74) is 0.857. The Morgan fingerprint density at radius 2 is 2.06 bits per heavy atom. The highest BCUT2D eigenvalue weighted by Crippen LogP contribution is 2.38. The molecule has 1 aliphatic heterocycles. The smallest absolute Gasteiger partial charge is 0.167 e. The highest BCUT2D eigenvalue weighted by Gasteiger charge is 2.21. The number of hydrogen-bond acceptors (Lipinski definition) is 3. The lowest BCUT2D eigenvalue weighted by Crippen LogP contribution is -2.17.